The van der Waals surface area contributed by atoms with E-state index in [0.717, 1.165) is 5.56 Å². The summed E-state index contributed by atoms with van der Waals surface area (Å²) in [5.74, 6) is 0.0328. The Morgan fingerprint density at radius 1 is 1.33 bits per heavy atom. The Morgan fingerprint density at radius 2 is 2.00 bits per heavy atom. The van der Waals surface area contributed by atoms with Gasteiger partial charge in [0.2, 0.25) is 0 Å². The Bertz CT molecular complexity index is 470. The molecule has 0 aliphatic carbocycles. The molecule has 0 aliphatic rings. The van der Waals surface area contributed by atoms with Gasteiger partial charge in [0.15, 0.2) is 0 Å². The van der Waals surface area contributed by atoms with Crippen molar-refractivity contribution in [3.05, 3.63) is 33.4 Å². The molecule has 0 heterocycles. The molecule has 6 nitrogen and oxygen atoms in total. The average Bonchev–Trinajstić information content (AvgIpc) is 2.31. The second-order valence-electron chi connectivity index (χ2n) is 3.84. The van der Waals surface area contributed by atoms with Crippen molar-refractivity contribution >= 4 is 11.7 Å². The monoisotopic (exact) mass is 253 g/mol. The van der Waals surface area contributed by atoms with E-state index in [2.05, 4.69) is 4.74 Å². The van der Waals surface area contributed by atoms with Crippen LogP contribution in [-0.4, -0.2) is 24.6 Å². The lowest BCUT2D eigenvalue weighted by atomic mass is 10.1. The van der Waals surface area contributed by atoms with E-state index in [9.17, 15) is 14.9 Å². The van der Waals surface area contributed by atoms with Gasteiger partial charge in [-0.25, -0.2) is 0 Å². The van der Waals surface area contributed by atoms with Crippen molar-refractivity contribution in [1.29, 1.82) is 0 Å². The zero-order valence-corrected chi connectivity index (χ0v) is 10.6. The third-order valence-corrected chi connectivity index (χ3v) is 2.48. The second kappa shape index (κ2) is 6.00. The molecule has 0 radical (unpaired) electrons. The average molecular weight is 253 g/mol. The number of ether oxygens (including phenoxy) is 2. The summed E-state index contributed by atoms with van der Waals surface area (Å²) in [6, 6.07) is 3.06. The summed E-state index contributed by atoms with van der Waals surface area (Å²) in [5.41, 5.74) is 1.38. The maximum absolute atomic E-state index is 10.9. The van der Waals surface area contributed by atoms with Gasteiger partial charge in [-0.15, -0.1) is 0 Å². The Hall–Kier alpha value is -2.11. The minimum absolute atomic E-state index is 0.00803. The third kappa shape index (κ3) is 3.44. The van der Waals surface area contributed by atoms with Crippen LogP contribution in [0.15, 0.2) is 12.1 Å². The molecule has 0 bridgehead atoms. The summed E-state index contributed by atoms with van der Waals surface area (Å²) < 4.78 is 9.82. The number of rotatable bonds is 5. The largest absolute Gasteiger partial charge is 0.492 e. The van der Waals surface area contributed by atoms with E-state index in [1.165, 1.54) is 13.2 Å². The molecule has 98 valence electrons. The van der Waals surface area contributed by atoms with Gasteiger partial charge < -0.3 is 9.47 Å². The lowest BCUT2D eigenvalue weighted by Crippen LogP contribution is -2.08. The number of esters is 1. The molecule has 0 saturated carbocycles. The lowest BCUT2D eigenvalue weighted by Gasteiger charge is -2.09. The number of carbonyl (C=O) groups is 1. The maximum atomic E-state index is 10.9. The molecule has 0 spiro atoms. The van der Waals surface area contributed by atoms with Crippen LogP contribution in [0.25, 0.3) is 0 Å². The van der Waals surface area contributed by atoms with Crippen LogP contribution in [0.2, 0.25) is 0 Å². The minimum atomic E-state index is -0.456. The van der Waals surface area contributed by atoms with E-state index in [1.54, 1.807) is 19.9 Å². The van der Waals surface area contributed by atoms with Crippen LogP contribution in [-0.2, 0) is 9.53 Å². The number of nitro groups is 1. The molecule has 0 aliphatic heterocycles. The van der Waals surface area contributed by atoms with E-state index >= 15 is 0 Å². The van der Waals surface area contributed by atoms with E-state index in [-0.39, 0.29) is 24.7 Å². The van der Waals surface area contributed by atoms with Gasteiger partial charge >= 0.3 is 5.97 Å². The molecule has 0 fully saturated rings. The number of aryl methyl sites for hydroxylation is 2. The van der Waals surface area contributed by atoms with Crippen molar-refractivity contribution in [3.63, 3.8) is 0 Å². The molecule has 1 aromatic rings. The van der Waals surface area contributed by atoms with E-state index in [4.69, 9.17) is 4.74 Å². The number of carbonyl (C=O) groups excluding carboxylic acids is 1. The smallest absolute Gasteiger partial charge is 0.308 e. The molecule has 18 heavy (non-hydrogen) atoms. The highest BCUT2D eigenvalue weighted by Gasteiger charge is 2.14. The first-order valence-electron chi connectivity index (χ1n) is 5.41. The van der Waals surface area contributed by atoms with Crippen LogP contribution < -0.4 is 4.74 Å². The first-order chi connectivity index (χ1) is 8.45. The van der Waals surface area contributed by atoms with E-state index in [1.807, 2.05) is 0 Å². The number of nitrogens with zero attached hydrogens (tertiary/aromatic N) is 1. The minimum Gasteiger partial charge on any atom is -0.492 e. The maximum Gasteiger partial charge on any atom is 0.308 e. The van der Waals surface area contributed by atoms with Crippen molar-refractivity contribution < 1.29 is 19.2 Å². The summed E-state index contributed by atoms with van der Waals surface area (Å²) in [6.45, 7) is 3.60. The van der Waals surface area contributed by atoms with Gasteiger partial charge in [-0.05, 0) is 25.5 Å². The highest BCUT2D eigenvalue weighted by molar-refractivity contribution is 5.69. The van der Waals surface area contributed by atoms with Gasteiger partial charge in [0.05, 0.1) is 31.1 Å². The van der Waals surface area contributed by atoms with Crippen molar-refractivity contribution in [2.75, 3.05) is 13.7 Å². The molecule has 0 saturated heterocycles. The molecule has 0 atom stereocenters. The number of hydrogen-bond acceptors (Lipinski definition) is 5. The molecule has 1 rings (SSSR count). The highest BCUT2D eigenvalue weighted by Crippen LogP contribution is 2.28. The standard InChI is InChI=1S/C12H15NO5/c1-8-6-9(2)11(7-10(8)13(15)16)18-5-4-12(14)17-3/h6-7H,4-5H2,1-3H3. The second-order valence-corrected chi connectivity index (χ2v) is 3.84. The van der Waals surface area contributed by atoms with E-state index < -0.39 is 4.92 Å². The van der Waals surface area contributed by atoms with Gasteiger partial charge in [-0.1, -0.05) is 0 Å². The van der Waals surface area contributed by atoms with Crippen LogP contribution in [0, 0.1) is 24.0 Å². The number of benzene rings is 1. The number of methoxy groups -OCH3 is 1. The molecule has 0 N–H and O–H groups in total. The Kier molecular flexibility index (Phi) is 4.65. The summed E-state index contributed by atoms with van der Waals surface area (Å²) in [6.07, 6.45) is 0.109. The molecule has 0 amide bonds. The summed E-state index contributed by atoms with van der Waals surface area (Å²) in [7, 11) is 1.30. The Balaban J connectivity index is 2.79. The summed E-state index contributed by atoms with van der Waals surface area (Å²) >= 11 is 0. The summed E-state index contributed by atoms with van der Waals surface area (Å²) in [4.78, 5) is 21.2. The van der Waals surface area contributed by atoms with Crippen molar-refractivity contribution in [2.45, 2.75) is 20.3 Å². The Morgan fingerprint density at radius 3 is 2.56 bits per heavy atom. The zero-order valence-electron chi connectivity index (χ0n) is 10.6. The van der Waals surface area contributed by atoms with Gasteiger partial charge in [0.1, 0.15) is 5.75 Å². The fourth-order valence-corrected chi connectivity index (χ4v) is 1.52. The molecular formula is C12H15NO5. The molecule has 0 unspecified atom stereocenters. The predicted molar refractivity (Wildman–Crippen MR) is 64.7 cm³/mol. The molecular weight excluding hydrogens is 238 g/mol. The van der Waals surface area contributed by atoms with Gasteiger partial charge in [0.25, 0.3) is 5.69 Å². The SMILES string of the molecule is COC(=O)CCOc1cc([N+](=O)[O-])c(C)cc1C. The molecule has 6 heteroatoms. The highest BCUT2D eigenvalue weighted by atomic mass is 16.6. The lowest BCUT2D eigenvalue weighted by molar-refractivity contribution is -0.385. The molecule has 1 aromatic carbocycles. The number of hydrogen-bond donors (Lipinski definition) is 0. The quantitative estimate of drug-likeness (QED) is 0.456. The van der Waals surface area contributed by atoms with Crippen molar-refractivity contribution in [3.8, 4) is 5.75 Å². The fourth-order valence-electron chi connectivity index (χ4n) is 1.52. The first-order valence-corrected chi connectivity index (χ1v) is 5.41. The van der Waals surface area contributed by atoms with Gasteiger partial charge in [-0.3, -0.25) is 14.9 Å². The number of nitro benzene ring substituents is 1. The van der Waals surface area contributed by atoms with Crippen molar-refractivity contribution in [2.24, 2.45) is 0 Å². The van der Waals surface area contributed by atoms with Gasteiger partial charge in [0, 0.05) is 5.56 Å². The van der Waals surface area contributed by atoms with Crippen LogP contribution in [0.1, 0.15) is 17.5 Å². The summed E-state index contributed by atoms with van der Waals surface area (Å²) in [5, 5.41) is 10.8. The van der Waals surface area contributed by atoms with E-state index in [0.29, 0.717) is 11.3 Å². The van der Waals surface area contributed by atoms with Crippen molar-refractivity contribution in [1.82, 2.24) is 0 Å². The van der Waals surface area contributed by atoms with Crippen LogP contribution in [0.4, 0.5) is 5.69 Å². The fraction of sp³-hybridized carbons (Fsp3) is 0.417. The van der Waals surface area contributed by atoms with Crippen LogP contribution in [0.5, 0.6) is 5.75 Å². The zero-order chi connectivity index (χ0) is 13.7. The van der Waals surface area contributed by atoms with Gasteiger partial charge in [-0.2, -0.15) is 0 Å². The molecule has 0 aromatic heterocycles. The third-order valence-electron chi connectivity index (χ3n) is 2.48. The normalized spacial score (nSPS) is 9.94. The van der Waals surface area contributed by atoms with Crippen LogP contribution in [0.3, 0.4) is 0 Å². The first kappa shape index (κ1) is 14.0. The van der Waals surface area contributed by atoms with Crippen LogP contribution >= 0.6 is 0 Å². The topological polar surface area (TPSA) is 78.7 Å². The Labute approximate surface area is 105 Å². The predicted octanol–water partition coefficient (Wildman–Crippen LogP) is 2.15.